The minimum atomic E-state index is -0.395. The molecular formula is C12H21NO3. The first-order valence-corrected chi connectivity index (χ1v) is 6.05. The predicted octanol–water partition coefficient (Wildman–Crippen LogP) is 2.03. The first-order valence-electron chi connectivity index (χ1n) is 6.05. The number of ether oxygens (including phenoxy) is 2. The monoisotopic (exact) mass is 227 g/mol. The summed E-state index contributed by atoms with van der Waals surface area (Å²) in [7, 11) is 0. The van der Waals surface area contributed by atoms with Gasteiger partial charge in [0.15, 0.2) is 0 Å². The molecule has 2 saturated heterocycles. The maximum absolute atomic E-state index is 11.8. The molecule has 1 amide bonds. The van der Waals surface area contributed by atoms with Crippen LogP contribution in [0.4, 0.5) is 4.79 Å². The van der Waals surface area contributed by atoms with Gasteiger partial charge in [-0.1, -0.05) is 0 Å². The van der Waals surface area contributed by atoms with E-state index in [1.807, 2.05) is 25.7 Å². The largest absolute Gasteiger partial charge is 0.444 e. The van der Waals surface area contributed by atoms with Crippen LogP contribution in [0.2, 0.25) is 0 Å². The minimum absolute atomic E-state index is 0.178. The summed E-state index contributed by atoms with van der Waals surface area (Å²) in [6.45, 7) is 8.22. The van der Waals surface area contributed by atoms with Crippen molar-refractivity contribution >= 4 is 6.09 Å². The zero-order chi connectivity index (χ0) is 11.8. The number of nitrogens with zero attached hydrogens (tertiary/aromatic N) is 1. The Bertz CT molecular complexity index is 260. The number of epoxide rings is 1. The van der Waals surface area contributed by atoms with Gasteiger partial charge >= 0.3 is 6.09 Å². The maximum Gasteiger partial charge on any atom is 0.410 e. The molecule has 2 rings (SSSR count). The lowest BCUT2D eigenvalue weighted by Gasteiger charge is -2.32. The molecule has 0 saturated carbocycles. The van der Waals surface area contributed by atoms with E-state index in [9.17, 15) is 4.79 Å². The summed E-state index contributed by atoms with van der Waals surface area (Å²) in [6.07, 6.45) is 2.39. The number of carbonyl (C=O) groups excluding carboxylic acids is 1. The normalized spacial score (nSPS) is 26.7. The molecule has 2 aliphatic heterocycles. The molecule has 0 aromatic rings. The van der Waals surface area contributed by atoms with Gasteiger partial charge in [0.2, 0.25) is 0 Å². The summed E-state index contributed by atoms with van der Waals surface area (Å²) in [6, 6.07) is 0. The summed E-state index contributed by atoms with van der Waals surface area (Å²) in [4.78, 5) is 13.6. The first-order chi connectivity index (χ1) is 7.46. The fraction of sp³-hybridized carbons (Fsp3) is 0.917. The fourth-order valence-electron chi connectivity index (χ4n) is 2.11. The number of hydrogen-bond donors (Lipinski definition) is 0. The number of likely N-dealkylation sites (tertiary alicyclic amines) is 1. The highest BCUT2D eigenvalue weighted by molar-refractivity contribution is 5.68. The van der Waals surface area contributed by atoms with E-state index in [0.717, 1.165) is 32.5 Å². The highest BCUT2D eigenvalue weighted by Crippen LogP contribution is 2.29. The van der Waals surface area contributed by atoms with Gasteiger partial charge in [-0.05, 0) is 39.5 Å². The summed E-state index contributed by atoms with van der Waals surface area (Å²) < 4.78 is 10.6. The van der Waals surface area contributed by atoms with Gasteiger partial charge in [-0.25, -0.2) is 4.79 Å². The van der Waals surface area contributed by atoms with Crippen molar-refractivity contribution in [3.05, 3.63) is 0 Å². The van der Waals surface area contributed by atoms with E-state index >= 15 is 0 Å². The summed E-state index contributed by atoms with van der Waals surface area (Å²) in [5, 5.41) is 0. The Hall–Kier alpha value is -0.770. The Kier molecular flexibility index (Phi) is 3.10. The molecule has 0 unspecified atom stereocenters. The van der Waals surface area contributed by atoms with E-state index in [1.165, 1.54) is 0 Å². The van der Waals surface area contributed by atoms with E-state index in [0.29, 0.717) is 12.0 Å². The fourth-order valence-corrected chi connectivity index (χ4v) is 2.11. The van der Waals surface area contributed by atoms with Crippen molar-refractivity contribution in [2.75, 3.05) is 19.7 Å². The van der Waals surface area contributed by atoms with Crippen LogP contribution in [-0.4, -0.2) is 42.4 Å². The van der Waals surface area contributed by atoms with Gasteiger partial charge in [0.25, 0.3) is 0 Å². The van der Waals surface area contributed by atoms with Crippen LogP contribution in [0.25, 0.3) is 0 Å². The highest BCUT2D eigenvalue weighted by atomic mass is 16.6. The molecule has 0 N–H and O–H groups in total. The number of rotatable bonds is 1. The molecule has 0 radical (unpaired) electrons. The van der Waals surface area contributed by atoms with E-state index in [1.54, 1.807) is 0 Å². The molecule has 92 valence electrons. The van der Waals surface area contributed by atoms with E-state index in [-0.39, 0.29) is 6.09 Å². The van der Waals surface area contributed by atoms with Gasteiger partial charge in [0, 0.05) is 13.1 Å². The van der Waals surface area contributed by atoms with Crippen LogP contribution in [0.1, 0.15) is 33.6 Å². The molecule has 0 aliphatic carbocycles. The SMILES string of the molecule is CC(C)(C)OC(=O)N1CCC([C@H]2CO2)CC1. The zero-order valence-corrected chi connectivity index (χ0v) is 10.4. The molecule has 16 heavy (non-hydrogen) atoms. The van der Waals surface area contributed by atoms with Crippen molar-refractivity contribution in [1.82, 2.24) is 4.90 Å². The average Bonchev–Trinajstić information content (AvgIpc) is 2.98. The number of amides is 1. The van der Waals surface area contributed by atoms with E-state index in [4.69, 9.17) is 9.47 Å². The molecule has 2 aliphatic rings. The molecule has 2 fully saturated rings. The Morgan fingerprint density at radius 1 is 1.31 bits per heavy atom. The topological polar surface area (TPSA) is 42.1 Å². The van der Waals surface area contributed by atoms with Crippen molar-refractivity contribution in [3.63, 3.8) is 0 Å². The Labute approximate surface area is 96.9 Å². The standard InChI is InChI=1S/C12H21NO3/c1-12(2,3)16-11(14)13-6-4-9(5-7-13)10-8-15-10/h9-10H,4-8H2,1-3H3/t10-/m1/s1. The van der Waals surface area contributed by atoms with Crippen LogP contribution >= 0.6 is 0 Å². The summed E-state index contributed by atoms with van der Waals surface area (Å²) >= 11 is 0. The number of hydrogen-bond acceptors (Lipinski definition) is 3. The van der Waals surface area contributed by atoms with Gasteiger partial charge < -0.3 is 14.4 Å². The molecule has 4 heteroatoms. The predicted molar refractivity (Wildman–Crippen MR) is 60.3 cm³/mol. The lowest BCUT2D eigenvalue weighted by molar-refractivity contribution is 0.0173. The van der Waals surface area contributed by atoms with Crippen molar-refractivity contribution in [2.24, 2.45) is 5.92 Å². The van der Waals surface area contributed by atoms with Crippen LogP contribution in [0, 0.1) is 5.92 Å². The third-order valence-corrected chi connectivity index (χ3v) is 3.08. The summed E-state index contributed by atoms with van der Waals surface area (Å²) in [5.41, 5.74) is -0.395. The molecule has 0 bridgehead atoms. The second kappa shape index (κ2) is 4.24. The summed E-state index contributed by atoms with van der Waals surface area (Å²) in [5.74, 6) is 0.652. The average molecular weight is 227 g/mol. The molecule has 2 heterocycles. The molecular weight excluding hydrogens is 206 g/mol. The quantitative estimate of drug-likeness (QED) is 0.644. The van der Waals surface area contributed by atoms with Crippen LogP contribution in [-0.2, 0) is 9.47 Å². The van der Waals surface area contributed by atoms with E-state index < -0.39 is 5.60 Å². The van der Waals surface area contributed by atoms with Crippen LogP contribution in [0.15, 0.2) is 0 Å². The number of carbonyl (C=O) groups is 1. The van der Waals surface area contributed by atoms with Gasteiger partial charge in [-0.15, -0.1) is 0 Å². The lowest BCUT2D eigenvalue weighted by atomic mass is 9.94. The third-order valence-electron chi connectivity index (χ3n) is 3.08. The highest BCUT2D eigenvalue weighted by Gasteiger charge is 2.36. The maximum atomic E-state index is 11.8. The van der Waals surface area contributed by atoms with Crippen LogP contribution in [0.3, 0.4) is 0 Å². The van der Waals surface area contributed by atoms with Crippen molar-refractivity contribution < 1.29 is 14.3 Å². The van der Waals surface area contributed by atoms with Gasteiger partial charge in [-0.2, -0.15) is 0 Å². The van der Waals surface area contributed by atoms with Crippen LogP contribution < -0.4 is 0 Å². The molecule has 0 aromatic heterocycles. The minimum Gasteiger partial charge on any atom is -0.444 e. The van der Waals surface area contributed by atoms with Crippen molar-refractivity contribution in [3.8, 4) is 0 Å². The Morgan fingerprint density at radius 2 is 1.88 bits per heavy atom. The molecule has 1 atom stereocenters. The molecule has 0 aromatic carbocycles. The van der Waals surface area contributed by atoms with Crippen molar-refractivity contribution in [1.29, 1.82) is 0 Å². The van der Waals surface area contributed by atoms with Crippen LogP contribution in [0.5, 0.6) is 0 Å². The number of piperidine rings is 1. The zero-order valence-electron chi connectivity index (χ0n) is 10.4. The van der Waals surface area contributed by atoms with Gasteiger partial charge in [0.1, 0.15) is 5.60 Å². The molecule has 4 nitrogen and oxygen atoms in total. The first kappa shape index (κ1) is 11.7. The molecule has 0 spiro atoms. The van der Waals surface area contributed by atoms with E-state index in [2.05, 4.69) is 0 Å². The lowest BCUT2D eigenvalue weighted by Crippen LogP contribution is -2.42. The third kappa shape index (κ3) is 3.11. The Balaban J connectivity index is 1.77. The van der Waals surface area contributed by atoms with Gasteiger partial charge in [-0.3, -0.25) is 0 Å². The van der Waals surface area contributed by atoms with Crippen molar-refractivity contribution in [2.45, 2.75) is 45.3 Å². The second-order valence-corrected chi connectivity index (χ2v) is 5.68. The smallest absolute Gasteiger partial charge is 0.410 e. The van der Waals surface area contributed by atoms with Gasteiger partial charge in [0.05, 0.1) is 12.7 Å². The second-order valence-electron chi connectivity index (χ2n) is 5.68. The Morgan fingerprint density at radius 3 is 2.31 bits per heavy atom.